The standard InChI is InChI=1S/C20H27N3O3/c1-2-9-22-10-4-7-20(19(22)26)8-11-23(13-20)18(25)15-12-14-5-3-6-16(14)21-17(15)24/h12H,2-11,13H2,1H3,(H,21,24)/t20-/m1/s1. The predicted molar refractivity (Wildman–Crippen MR) is 98.1 cm³/mol. The van der Waals surface area contributed by atoms with Crippen LogP contribution in [0, 0.1) is 5.41 Å². The molecule has 1 aliphatic carbocycles. The smallest absolute Gasteiger partial charge is 0.261 e. The lowest BCUT2D eigenvalue weighted by atomic mass is 9.78. The highest BCUT2D eigenvalue weighted by Crippen LogP contribution is 2.40. The van der Waals surface area contributed by atoms with E-state index in [1.165, 1.54) is 0 Å². The van der Waals surface area contributed by atoms with Gasteiger partial charge in [0.05, 0.1) is 5.41 Å². The highest BCUT2D eigenvalue weighted by atomic mass is 16.2. The molecule has 3 aliphatic rings. The largest absolute Gasteiger partial charge is 0.342 e. The number of nitrogens with one attached hydrogen (secondary N) is 1. The van der Waals surface area contributed by atoms with Crippen LogP contribution in [0.25, 0.3) is 0 Å². The van der Waals surface area contributed by atoms with E-state index in [0.29, 0.717) is 19.5 Å². The molecule has 0 radical (unpaired) electrons. The van der Waals surface area contributed by atoms with Crippen molar-refractivity contribution in [2.24, 2.45) is 5.41 Å². The minimum atomic E-state index is -0.438. The Kier molecular flexibility index (Phi) is 4.37. The lowest BCUT2D eigenvalue weighted by Crippen LogP contribution is -2.50. The van der Waals surface area contributed by atoms with Gasteiger partial charge in [-0.3, -0.25) is 14.4 Å². The fraction of sp³-hybridized carbons (Fsp3) is 0.650. The second-order valence-corrected chi connectivity index (χ2v) is 8.02. The van der Waals surface area contributed by atoms with Crippen molar-refractivity contribution >= 4 is 11.8 Å². The predicted octanol–water partition coefficient (Wildman–Crippen LogP) is 1.73. The van der Waals surface area contributed by atoms with Gasteiger partial charge in [0.2, 0.25) is 5.91 Å². The van der Waals surface area contributed by atoms with Gasteiger partial charge in [-0.25, -0.2) is 0 Å². The van der Waals surface area contributed by atoms with Crippen LogP contribution in [0.5, 0.6) is 0 Å². The maximum Gasteiger partial charge on any atom is 0.261 e. The number of hydrogen-bond donors (Lipinski definition) is 1. The number of aromatic nitrogens is 1. The van der Waals surface area contributed by atoms with Crippen LogP contribution in [0.15, 0.2) is 10.9 Å². The quantitative estimate of drug-likeness (QED) is 0.895. The molecule has 1 atom stereocenters. The van der Waals surface area contributed by atoms with Gasteiger partial charge in [0, 0.05) is 31.9 Å². The summed E-state index contributed by atoms with van der Waals surface area (Å²) >= 11 is 0. The fourth-order valence-corrected chi connectivity index (χ4v) is 4.90. The number of aryl methyl sites for hydroxylation is 2. The van der Waals surface area contributed by atoms with Crippen molar-refractivity contribution in [2.75, 3.05) is 26.2 Å². The van der Waals surface area contributed by atoms with Crippen LogP contribution in [-0.2, 0) is 17.6 Å². The highest BCUT2D eigenvalue weighted by Gasteiger charge is 2.49. The molecule has 26 heavy (non-hydrogen) atoms. The van der Waals surface area contributed by atoms with E-state index in [9.17, 15) is 14.4 Å². The Bertz CT molecular complexity index is 798. The number of rotatable bonds is 3. The van der Waals surface area contributed by atoms with Gasteiger partial charge in [-0.05, 0) is 56.6 Å². The summed E-state index contributed by atoms with van der Waals surface area (Å²) in [4.78, 5) is 44.9. The number of likely N-dealkylation sites (tertiary alicyclic amines) is 2. The first kappa shape index (κ1) is 17.3. The van der Waals surface area contributed by atoms with E-state index >= 15 is 0 Å². The van der Waals surface area contributed by atoms with Crippen molar-refractivity contribution in [1.29, 1.82) is 0 Å². The molecule has 0 aromatic carbocycles. The number of fused-ring (bicyclic) bond motifs is 1. The van der Waals surface area contributed by atoms with Crippen molar-refractivity contribution < 1.29 is 9.59 Å². The zero-order valence-corrected chi connectivity index (χ0v) is 15.5. The summed E-state index contributed by atoms with van der Waals surface area (Å²) in [6.07, 6.45) is 6.32. The molecule has 3 heterocycles. The number of hydrogen-bond acceptors (Lipinski definition) is 3. The lowest BCUT2D eigenvalue weighted by Gasteiger charge is -2.39. The summed E-state index contributed by atoms with van der Waals surface area (Å²) in [7, 11) is 0. The van der Waals surface area contributed by atoms with E-state index in [2.05, 4.69) is 11.9 Å². The number of carbonyl (C=O) groups excluding carboxylic acids is 2. The van der Waals surface area contributed by atoms with Crippen molar-refractivity contribution in [3.63, 3.8) is 0 Å². The third-order valence-corrected chi connectivity index (χ3v) is 6.28. The van der Waals surface area contributed by atoms with Crippen molar-refractivity contribution in [1.82, 2.24) is 14.8 Å². The number of piperidine rings is 1. The van der Waals surface area contributed by atoms with Gasteiger partial charge in [0.15, 0.2) is 0 Å². The van der Waals surface area contributed by atoms with Crippen molar-refractivity contribution in [3.05, 3.63) is 33.2 Å². The minimum Gasteiger partial charge on any atom is -0.342 e. The Hall–Kier alpha value is -2.11. The van der Waals surface area contributed by atoms with Gasteiger partial charge in [0.1, 0.15) is 5.56 Å². The van der Waals surface area contributed by atoms with E-state index in [-0.39, 0.29) is 22.9 Å². The first-order valence-electron chi connectivity index (χ1n) is 9.88. The van der Waals surface area contributed by atoms with Crippen LogP contribution in [0.3, 0.4) is 0 Å². The Balaban J connectivity index is 1.55. The first-order valence-corrected chi connectivity index (χ1v) is 9.88. The second-order valence-electron chi connectivity index (χ2n) is 8.02. The maximum atomic E-state index is 13.0. The Morgan fingerprint density at radius 3 is 2.85 bits per heavy atom. The van der Waals surface area contributed by atoms with Gasteiger partial charge in [-0.15, -0.1) is 0 Å². The zero-order chi connectivity index (χ0) is 18.3. The van der Waals surface area contributed by atoms with Gasteiger partial charge in [-0.2, -0.15) is 0 Å². The molecule has 6 nitrogen and oxygen atoms in total. The summed E-state index contributed by atoms with van der Waals surface area (Å²) < 4.78 is 0. The molecule has 140 valence electrons. The number of aromatic amines is 1. The number of nitrogens with zero attached hydrogens (tertiary/aromatic N) is 2. The van der Waals surface area contributed by atoms with Gasteiger partial charge in [-0.1, -0.05) is 6.92 Å². The van der Waals surface area contributed by atoms with E-state index < -0.39 is 5.41 Å². The summed E-state index contributed by atoms with van der Waals surface area (Å²) in [6.45, 7) is 4.70. The third kappa shape index (κ3) is 2.75. The molecule has 1 spiro atoms. The van der Waals surface area contributed by atoms with E-state index in [1.54, 1.807) is 11.0 Å². The zero-order valence-electron chi connectivity index (χ0n) is 15.5. The Morgan fingerprint density at radius 2 is 2.04 bits per heavy atom. The summed E-state index contributed by atoms with van der Waals surface area (Å²) in [5.41, 5.74) is 1.56. The molecule has 1 aromatic heterocycles. The van der Waals surface area contributed by atoms with Crippen LogP contribution < -0.4 is 5.56 Å². The molecule has 1 aromatic rings. The molecule has 1 N–H and O–H groups in total. The Labute approximate surface area is 153 Å². The van der Waals surface area contributed by atoms with Crippen LogP contribution in [0.2, 0.25) is 0 Å². The van der Waals surface area contributed by atoms with Crippen LogP contribution in [0.4, 0.5) is 0 Å². The molecule has 4 rings (SSSR count). The third-order valence-electron chi connectivity index (χ3n) is 6.28. The molecule has 0 saturated carbocycles. The molecular weight excluding hydrogens is 330 g/mol. The van der Waals surface area contributed by atoms with Crippen molar-refractivity contribution in [2.45, 2.75) is 51.9 Å². The Morgan fingerprint density at radius 1 is 1.19 bits per heavy atom. The van der Waals surface area contributed by atoms with E-state index in [4.69, 9.17) is 0 Å². The molecule has 6 heteroatoms. The minimum absolute atomic E-state index is 0.198. The topological polar surface area (TPSA) is 73.5 Å². The average molecular weight is 357 g/mol. The SMILES string of the molecule is CCCN1CCC[C@]2(CCN(C(=O)c3cc4c([nH]c3=O)CCC4)C2)C1=O. The molecule has 2 fully saturated rings. The van der Waals surface area contributed by atoms with Crippen LogP contribution in [-0.4, -0.2) is 52.8 Å². The number of amides is 2. The monoisotopic (exact) mass is 357 g/mol. The molecule has 2 saturated heterocycles. The van der Waals surface area contributed by atoms with Gasteiger partial charge >= 0.3 is 0 Å². The van der Waals surface area contributed by atoms with Gasteiger partial charge < -0.3 is 14.8 Å². The second kappa shape index (κ2) is 6.56. The van der Waals surface area contributed by atoms with Crippen LogP contribution in [0.1, 0.15) is 60.6 Å². The highest BCUT2D eigenvalue weighted by molar-refractivity contribution is 5.95. The maximum absolute atomic E-state index is 13.0. The summed E-state index contributed by atoms with van der Waals surface area (Å²) in [5.74, 6) is -0.0259. The molecule has 2 amide bonds. The first-order chi connectivity index (χ1) is 12.5. The van der Waals surface area contributed by atoms with Crippen molar-refractivity contribution in [3.8, 4) is 0 Å². The molecular formula is C20H27N3O3. The summed E-state index contributed by atoms with van der Waals surface area (Å²) in [5, 5.41) is 0. The molecule has 0 unspecified atom stereocenters. The van der Waals surface area contributed by atoms with E-state index in [1.807, 2.05) is 4.90 Å². The number of carbonyl (C=O) groups is 2. The molecule has 0 bridgehead atoms. The van der Waals surface area contributed by atoms with Gasteiger partial charge in [0.25, 0.3) is 11.5 Å². The number of pyridine rings is 1. The fourth-order valence-electron chi connectivity index (χ4n) is 4.90. The number of H-pyrrole nitrogens is 1. The molecule has 2 aliphatic heterocycles. The summed E-state index contributed by atoms with van der Waals surface area (Å²) in [6, 6.07) is 1.78. The lowest BCUT2D eigenvalue weighted by molar-refractivity contribution is -0.145. The average Bonchev–Trinajstić information content (AvgIpc) is 3.25. The normalized spacial score (nSPS) is 25.2. The van der Waals surface area contributed by atoms with Crippen LogP contribution >= 0.6 is 0 Å². The van der Waals surface area contributed by atoms with E-state index in [0.717, 1.165) is 62.9 Å².